The van der Waals surface area contributed by atoms with Gasteiger partial charge in [-0.2, -0.15) is 0 Å². The molecule has 21 heavy (non-hydrogen) atoms. The topological polar surface area (TPSA) is 51.8 Å². The third kappa shape index (κ3) is 3.05. The Balaban J connectivity index is 1.91. The maximum atomic E-state index is 6.26. The quantitative estimate of drug-likeness (QED) is 0.757. The van der Waals surface area contributed by atoms with Crippen LogP contribution < -0.4 is 5.73 Å². The molecule has 1 atom stereocenters. The summed E-state index contributed by atoms with van der Waals surface area (Å²) in [6.07, 6.45) is 0. The van der Waals surface area contributed by atoms with E-state index in [0.29, 0.717) is 0 Å². The van der Waals surface area contributed by atoms with E-state index in [9.17, 15) is 0 Å². The number of benzene rings is 2. The molecular formula is C16H14BrN3S. The second-order valence-electron chi connectivity index (χ2n) is 4.80. The van der Waals surface area contributed by atoms with Crippen molar-refractivity contribution in [3.63, 3.8) is 0 Å². The molecule has 3 rings (SSSR count). The molecule has 0 bridgehead atoms. The monoisotopic (exact) mass is 359 g/mol. The molecule has 0 aliphatic rings. The van der Waals surface area contributed by atoms with Gasteiger partial charge in [0.2, 0.25) is 0 Å². The standard InChI is InChI=1S/C16H14BrN3S/c1-10-7-8-12(9-13(10)17)15-19-20-16(21-15)14(18)11-5-3-2-4-6-11/h2-9,14H,18H2,1H3. The number of rotatable bonds is 3. The van der Waals surface area contributed by atoms with E-state index in [-0.39, 0.29) is 6.04 Å². The Labute approximate surface area is 136 Å². The van der Waals surface area contributed by atoms with Crippen LogP contribution in [0.4, 0.5) is 0 Å². The van der Waals surface area contributed by atoms with Crippen molar-refractivity contribution >= 4 is 27.3 Å². The molecule has 3 nitrogen and oxygen atoms in total. The van der Waals surface area contributed by atoms with Crippen LogP contribution >= 0.6 is 27.3 Å². The van der Waals surface area contributed by atoms with Crippen molar-refractivity contribution in [1.29, 1.82) is 0 Å². The molecule has 2 aromatic carbocycles. The second kappa shape index (κ2) is 6.05. The van der Waals surface area contributed by atoms with Crippen molar-refractivity contribution in [1.82, 2.24) is 10.2 Å². The van der Waals surface area contributed by atoms with Gasteiger partial charge in [-0.1, -0.05) is 69.7 Å². The number of nitrogens with zero attached hydrogens (tertiary/aromatic N) is 2. The van der Waals surface area contributed by atoms with Crippen LogP contribution in [0.2, 0.25) is 0 Å². The number of hydrogen-bond donors (Lipinski definition) is 1. The van der Waals surface area contributed by atoms with E-state index in [2.05, 4.69) is 51.3 Å². The number of hydrogen-bond acceptors (Lipinski definition) is 4. The average molecular weight is 360 g/mol. The van der Waals surface area contributed by atoms with E-state index in [0.717, 1.165) is 25.6 Å². The van der Waals surface area contributed by atoms with Crippen molar-refractivity contribution in [2.45, 2.75) is 13.0 Å². The van der Waals surface area contributed by atoms with Crippen LogP contribution in [0.15, 0.2) is 53.0 Å². The average Bonchev–Trinajstić information content (AvgIpc) is 3.00. The summed E-state index contributed by atoms with van der Waals surface area (Å²) in [5.74, 6) is 0. The van der Waals surface area contributed by atoms with Gasteiger partial charge in [-0.05, 0) is 24.1 Å². The van der Waals surface area contributed by atoms with Crippen molar-refractivity contribution in [2.24, 2.45) is 5.73 Å². The maximum Gasteiger partial charge on any atom is 0.147 e. The van der Waals surface area contributed by atoms with Crippen molar-refractivity contribution in [3.8, 4) is 10.6 Å². The van der Waals surface area contributed by atoms with Crippen molar-refractivity contribution in [2.75, 3.05) is 0 Å². The highest BCUT2D eigenvalue weighted by Gasteiger charge is 2.15. The third-order valence-corrected chi connectivity index (χ3v) is 5.19. The summed E-state index contributed by atoms with van der Waals surface area (Å²) in [6, 6.07) is 15.9. The molecule has 1 aromatic heterocycles. The summed E-state index contributed by atoms with van der Waals surface area (Å²) in [7, 11) is 0. The number of nitrogens with two attached hydrogens (primary N) is 1. The highest BCUT2D eigenvalue weighted by molar-refractivity contribution is 9.10. The minimum atomic E-state index is -0.230. The van der Waals surface area contributed by atoms with E-state index in [1.165, 1.54) is 16.9 Å². The fourth-order valence-corrected chi connectivity index (χ4v) is 3.25. The zero-order valence-corrected chi connectivity index (χ0v) is 13.9. The summed E-state index contributed by atoms with van der Waals surface area (Å²) >= 11 is 5.08. The Morgan fingerprint density at radius 3 is 2.57 bits per heavy atom. The first-order valence-corrected chi connectivity index (χ1v) is 8.16. The first-order valence-electron chi connectivity index (χ1n) is 6.55. The highest BCUT2D eigenvalue weighted by atomic mass is 79.9. The fraction of sp³-hybridized carbons (Fsp3) is 0.125. The summed E-state index contributed by atoms with van der Waals surface area (Å²) in [4.78, 5) is 0. The molecule has 106 valence electrons. The highest BCUT2D eigenvalue weighted by Crippen LogP contribution is 2.31. The van der Waals surface area contributed by atoms with Crippen LogP contribution in [0, 0.1) is 6.92 Å². The Morgan fingerprint density at radius 2 is 1.86 bits per heavy atom. The molecule has 0 aliphatic carbocycles. The maximum absolute atomic E-state index is 6.26. The molecule has 0 aliphatic heterocycles. The molecule has 5 heteroatoms. The van der Waals surface area contributed by atoms with Gasteiger partial charge in [0.05, 0.1) is 6.04 Å². The molecule has 2 N–H and O–H groups in total. The smallest absolute Gasteiger partial charge is 0.147 e. The number of halogens is 1. The fourth-order valence-electron chi connectivity index (χ4n) is 2.01. The Bertz CT molecular complexity index is 755. The van der Waals surface area contributed by atoms with Crippen molar-refractivity contribution in [3.05, 3.63) is 69.1 Å². The summed E-state index contributed by atoms with van der Waals surface area (Å²) in [5, 5.41) is 10.2. The van der Waals surface area contributed by atoms with Crippen LogP contribution in [-0.4, -0.2) is 10.2 Å². The van der Waals surface area contributed by atoms with Gasteiger partial charge in [-0.3, -0.25) is 0 Å². The van der Waals surface area contributed by atoms with E-state index in [1.807, 2.05) is 30.3 Å². The molecule has 0 fully saturated rings. The van der Waals surface area contributed by atoms with Gasteiger partial charge in [0.25, 0.3) is 0 Å². The first-order chi connectivity index (χ1) is 10.1. The van der Waals surface area contributed by atoms with Gasteiger partial charge in [0.1, 0.15) is 10.0 Å². The zero-order valence-electron chi connectivity index (χ0n) is 11.5. The lowest BCUT2D eigenvalue weighted by molar-refractivity contribution is 0.831. The van der Waals surface area contributed by atoms with Gasteiger partial charge in [0.15, 0.2) is 0 Å². The number of aromatic nitrogens is 2. The first kappa shape index (κ1) is 14.4. The van der Waals surface area contributed by atoms with E-state index >= 15 is 0 Å². The SMILES string of the molecule is Cc1ccc(-c2nnc(C(N)c3ccccc3)s2)cc1Br. The molecular weight excluding hydrogens is 346 g/mol. The summed E-state index contributed by atoms with van der Waals surface area (Å²) in [5.41, 5.74) is 9.56. The largest absolute Gasteiger partial charge is 0.318 e. The lowest BCUT2D eigenvalue weighted by Gasteiger charge is -2.07. The van der Waals surface area contributed by atoms with Gasteiger partial charge >= 0.3 is 0 Å². The predicted octanol–water partition coefficient (Wildman–Crippen LogP) is 4.32. The Kier molecular flexibility index (Phi) is 4.14. The minimum absolute atomic E-state index is 0.230. The van der Waals surface area contributed by atoms with Crippen LogP contribution in [0.25, 0.3) is 10.6 Å². The number of aryl methyl sites for hydroxylation is 1. The van der Waals surface area contributed by atoms with Gasteiger partial charge in [0, 0.05) is 10.0 Å². The van der Waals surface area contributed by atoms with E-state index in [1.54, 1.807) is 0 Å². The molecule has 0 radical (unpaired) electrons. The van der Waals surface area contributed by atoms with Crippen LogP contribution in [0.1, 0.15) is 22.2 Å². The predicted molar refractivity (Wildman–Crippen MR) is 90.3 cm³/mol. The molecule has 0 amide bonds. The third-order valence-electron chi connectivity index (χ3n) is 3.28. The summed E-state index contributed by atoms with van der Waals surface area (Å²) < 4.78 is 1.07. The van der Waals surface area contributed by atoms with Gasteiger partial charge in [-0.25, -0.2) is 0 Å². The zero-order chi connectivity index (χ0) is 14.8. The minimum Gasteiger partial charge on any atom is -0.318 e. The van der Waals surface area contributed by atoms with E-state index in [4.69, 9.17) is 5.73 Å². The molecule has 0 saturated carbocycles. The molecule has 0 spiro atoms. The Hall–Kier alpha value is -1.56. The summed E-state index contributed by atoms with van der Waals surface area (Å²) in [6.45, 7) is 2.06. The lowest BCUT2D eigenvalue weighted by Crippen LogP contribution is -2.11. The molecule has 0 saturated heterocycles. The second-order valence-corrected chi connectivity index (χ2v) is 6.66. The molecule has 3 aromatic rings. The molecule has 1 heterocycles. The van der Waals surface area contributed by atoms with Crippen LogP contribution in [0.5, 0.6) is 0 Å². The van der Waals surface area contributed by atoms with Gasteiger partial charge in [-0.15, -0.1) is 10.2 Å². The normalized spacial score (nSPS) is 12.3. The van der Waals surface area contributed by atoms with E-state index < -0.39 is 0 Å². The van der Waals surface area contributed by atoms with Crippen LogP contribution in [0.3, 0.4) is 0 Å². The Morgan fingerprint density at radius 1 is 1.10 bits per heavy atom. The van der Waals surface area contributed by atoms with Crippen molar-refractivity contribution < 1.29 is 0 Å². The van der Waals surface area contributed by atoms with Crippen LogP contribution in [-0.2, 0) is 0 Å². The lowest BCUT2D eigenvalue weighted by atomic mass is 10.1. The molecule has 1 unspecified atom stereocenters. The van der Waals surface area contributed by atoms with Gasteiger partial charge < -0.3 is 5.73 Å².